The number of rotatable bonds is 6. The van der Waals surface area contributed by atoms with E-state index in [0.29, 0.717) is 11.4 Å². The summed E-state index contributed by atoms with van der Waals surface area (Å²) in [7, 11) is 0. The van der Waals surface area contributed by atoms with Gasteiger partial charge in [0, 0.05) is 46.7 Å². The molecule has 0 atom stereocenters. The van der Waals surface area contributed by atoms with E-state index in [4.69, 9.17) is 4.98 Å². The van der Waals surface area contributed by atoms with Gasteiger partial charge in [-0.1, -0.05) is 36.8 Å². The quantitative estimate of drug-likeness (QED) is 0.263. The van der Waals surface area contributed by atoms with Crippen molar-refractivity contribution in [2.24, 2.45) is 0 Å². The van der Waals surface area contributed by atoms with Gasteiger partial charge < -0.3 is 4.98 Å². The zero-order chi connectivity index (χ0) is 26.1. The zero-order valence-electron chi connectivity index (χ0n) is 21.8. The van der Waals surface area contributed by atoms with E-state index in [-0.39, 0.29) is 5.82 Å². The molecule has 1 saturated heterocycles. The molecular formula is C31H31FN6. The minimum atomic E-state index is -0.268. The molecule has 6 nitrogen and oxygen atoms in total. The number of benzene rings is 2. The lowest BCUT2D eigenvalue weighted by atomic mass is 10.0. The number of hydrogen-bond donors (Lipinski definition) is 2. The van der Waals surface area contributed by atoms with Gasteiger partial charge in [-0.3, -0.25) is 15.0 Å². The van der Waals surface area contributed by atoms with Gasteiger partial charge in [0.05, 0.1) is 11.2 Å². The minimum Gasteiger partial charge on any atom is -0.340 e. The fourth-order valence-corrected chi connectivity index (χ4v) is 5.42. The van der Waals surface area contributed by atoms with Crippen molar-refractivity contribution < 1.29 is 4.39 Å². The molecule has 0 spiro atoms. The average molecular weight is 507 g/mol. The molecule has 0 saturated carbocycles. The lowest BCUT2D eigenvalue weighted by Crippen LogP contribution is -2.29. The zero-order valence-corrected chi connectivity index (χ0v) is 21.8. The van der Waals surface area contributed by atoms with E-state index < -0.39 is 0 Å². The third kappa shape index (κ3) is 4.65. The van der Waals surface area contributed by atoms with E-state index >= 15 is 0 Å². The monoisotopic (exact) mass is 506 g/mol. The largest absolute Gasteiger partial charge is 0.340 e. The van der Waals surface area contributed by atoms with Gasteiger partial charge in [0.1, 0.15) is 11.5 Å². The Bertz CT molecular complexity index is 1620. The Balaban J connectivity index is 1.34. The second kappa shape index (κ2) is 10.3. The van der Waals surface area contributed by atoms with Crippen LogP contribution in [0.3, 0.4) is 0 Å². The van der Waals surface area contributed by atoms with Crippen molar-refractivity contribution in [1.82, 2.24) is 30.0 Å². The van der Waals surface area contributed by atoms with Gasteiger partial charge in [0.2, 0.25) is 0 Å². The predicted molar refractivity (Wildman–Crippen MR) is 150 cm³/mol. The first kappa shape index (κ1) is 24.2. The molecule has 0 bridgehead atoms. The van der Waals surface area contributed by atoms with E-state index in [1.165, 1.54) is 30.9 Å². The summed E-state index contributed by atoms with van der Waals surface area (Å²) < 4.78 is 14.6. The normalized spacial score (nSPS) is 14.9. The molecular weight excluding hydrogens is 475 g/mol. The molecule has 6 rings (SSSR count). The van der Waals surface area contributed by atoms with Crippen LogP contribution in [0.1, 0.15) is 48.7 Å². The number of piperidine rings is 1. The van der Waals surface area contributed by atoms with Gasteiger partial charge in [-0.25, -0.2) is 9.37 Å². The number of likely N-dealkylation sites (tertiary alicyclic amines) is 1. The van der Waals surface area contributed by atoms with E-state index in [2.05, 4.69) is 43.3 Å². The maximum atomic E-state index is 14.6. The number of allylic oxidation sites excluding steroid dienone is 1. The topological polar surface area (TPSA) is 73.5 Å². The van der Waals surface area contributed by atoms with E-state index in [1.54, 1.807) is 12.1 Å². The highest BCUT2D eigenvalue weighted by molar-refractivity contribution is 5.94. The highest BCUT2D eigenvalue weighted by atomic mass is 19.1. The average Bonchev–Trinajstić information content (AvgIpc) is 3.54. The summed E-state index contributed by atoms with van der Waals surface area (Å²) in [6, 6.07) is 15.3. The Morgan fingerprint density at radius 2 is 1.87 bits per heavy atom. The van der Waals surface area contributed by atoms with Crippen molar-refractivity contribution in [2.45, 2.75) is 39.7 Å². The van der Waals surface area contributed by atoms with Crippen molar-refractivity contribution in [3.8, 4) is 22.6 Å². The van der Waals surface area contributed by atoms with Gasteiger partial charge in [0.25, 0.3) is 0 Å². The van der Waals surface area contributed by atoms with Gasteiger partial charge in [-0.15, -0.1) is 0 Å². The van der Waals surface area contributed by atoms with Crippen molar-refractivity contribution in [2.75, 3.05) is 13.1 Å². The molecule has 5 aromatic rings. The number of nitrogens with zero attached hydrogens (tertiary/aromatic N) is 4. The molecule has 2 N–H and O–H groups in total. The number of fused-ring (bicyclic) bond motifs is 1. The Morgan fingerprint density at radius 3 is 2.68 bits per heavy atom. The summed E-state index contributed by atoms with van der Waals surface area (Å²) in [5.41, 5.74) is 7.91. The highest BCUT2D eigenvalue weighted by Gasteiger charge is 2.19. The van der Waals surface area contributed by atoms with Crippen LogP contribution in [0.25, 0.3) is 39.1 Å². The number of aryl methyl sites for hydroxylation is 1. The van der Waals surface area contributed by atoms with Gasteiger partial charge in [-0.2, -0.15) is 5.10 Å². The van der Waals surface area contributed by atoms with Gasteiger partial charge in [0.15, 0.2) is 5.82 Å². The van der Waals surface area contributed by atoms with E-state index in [1.807, 2.05) is 44.4 Å². The van der Waals surface area contributed by atoms with Crippen LogP contribution in [-0.2, 0) is 6.54 Å². The summed E-state index contributed by atoms with van der Waals surface area (Å²) in [5.74, 6) is 0.379. The molecule has 7 heteroatoms. The molecule has 1 fully saturated rings. The molecule has 0 radical (unpaired) electrons. The first-order chi connectivity index (χ1) is 18.6. The number of nitrogens with one attached hydrogen (secondary N) is 2. The van der Waals surface area contributed by atoms with Crippen molar-refractivity contribution in [1.29, 1.82) is 0 Å². The molecule has 0 aliphatic carbocycles. The number of aromatic amines is 2. The molecule has 1 aliphatic heterocycles. The van der Waals surface area contributed by atoms with Crippen LogP contribution in [0.15, 0.2) is 67.0 Å². The number of imidazole rings is 1. The van der Waals surface area contributed by atoms with Crippen LogP contribution in [0.5, 0.6) is 0 Å². The summed E-state index contributed by atoms with van der Waals surface area (Å²) in [6.45, 7) is 7.11. The molecule has 3 aromatic heterocycles. The smallest absolute Gasteiger partial charge is 0.159 e. The van der Waals surface area contributed by atoms with Crippen molar-refractivity contribution in [3.05, 3.63) is 95.3 Å². The Labute approximate surface area is 221 Å². The van der Waals surface area contributed by atoms with Crippen molar-refractivity contribution in [3.63, 3.8) is 0 Å². The van der Waals surface area contributed by atoms with Crippen LogP contribution in [0, 0.1) is 12.7 Å². The van der Waals surface area contributed by atoms with E-state index in [9.17, 15) is 4.39 Å². The first-order valence-electron chi connectivity index (χ1n) is 13.2. The maximum Gasteiger partial charge on any atom is 0.159 e. The first-order valence-corrected chi connectivity index (χ1v) is 13.2. The maximum absolute atomic E-state index is 14.6. The summed E-state index contributed by atoms with van der Waals surface area (Å²) in [5, 5.41) is 8.70. The Morgan fingerprint density at radius 1 is 1.03 bits per heavy atom. The molecule has 2 aromatic carbocycles. The van der Waals surface area contributed by atoms with Crippen LogP contribution in [-0.4, -0.2) is 43.1 Å². The minimum absolute atomic E-state index is 0.268. The number of pyridine rings is 1. The van der Waals surface area contributed by atoms with Crippen LogP contribution in [0.2, 0.25) is 0 Å². The predicted octanol–water partition coefficient (Wildman–Crippen LogP) is 6.90. The lowest BCUT2D eigenvalue weighted by molar-refractivity contribution is 0.220. The molecule has 38 heavy (non-hydrogen) atoms. The van der Waals surface area contributed by atoms with Crippen molar-refractivity contribution >= 4 is 16.5 Å². The molecule has 192 valence electrons. The number of hydrogen-bond acceptors (Lipinski definition) is 4. The number of H-pyrrole nitrogens is 2. The fourth-order valence-electron chi connectivity index (χ4n) is 5.42. The standard InChI is InChI=1S/C31H31FN6/c1-3-24(25-9-5-6-10-27(25)32)29-20(2)34-31(35-29)30-26-16-22(11-12-28(26)36-37-30)23-15-21(17-33-18-23)19-38-13-7-4-8-14-38/h3,5-6,9-12,15-18H,4,7-8,13-14,19H2,1-2H3,(H,34,35)(H,36,37)/b24-3-. The summed E-state index contributed by atoms with van der Waals surface area (Å²) in [4.78, 5) is 15.3. The third-order valence-electron chi connectivity index (χ3n) is 7.36. The third-order valence-corrected chi connectivity index (χ3v) is 7.36. The number of aromatic nitrogens is 5. The Kier molecular flexibility index (Phi) is 6.60. The second-order valence-corrected chi connectivity index (χ2v) is 9.99. The lowest BCUT2D eigenvalue weighted by Gasteiger charge is -2.26. The molecule has 0 unspecified atom stereocenters. The Hall–Kier alpha value is -4.10. The van der Waals surface area contributed by atoms with Crippen LogP contribution >= 0.6 is 0 Å². The van der Waals surface area contributed by atoms with Gasteiger partial charge >= 0.3 is 0 Å². The van der Waals surface area contributed by atoms with E-state index in [0.717, 1.165) is 64.3 Å². The number of halogens is 1. The van der Waals surface area contributed by atoms with Gasteiger partial charge in [-0.05, 0) is 75.2 Å². The fraction of sp³-hybridized carbons (Fsp3) is 0.258. The SMILES string of the molecule is C/C=C(/c1ccccc1F)c1nc(-c2n[nH]c3ccc(-c4cncc(CN5CCCCC5)c4)cc23)[nH]c1C. The summed E-state index contributed by atoms with van der Waals surface area (Å²) >= 11 is 0. The molecule has 4 heterocycles. The van der Waals surface area contributed by atoms with Crippen LogP contribution < -0.4 is 0 Å². The second-order valence-electron chi connectivity index (χ2n) is 9.99. The highest BCUT2D eigenvalue weighted by Crippen LogP contribution is 2.33. The summed E-state index contributed by atoms with van der Waals surface area (Å²) in [6.07, 6.45) is 9.67. The molecule has 0 amide bonds. The molecule has 1 aliphatic rings. The van der Waals surface area contributed by atoms with Crippen LogP contribution in [0.4, 0.5) is 4.39 Å².